The van der Waals surface area contributed by atoms with E-state index in [4.69, 9.17) is 0 Å². The fourth-order valence-corrected chi connectivity index (χ4v) is 5.36. The minimum atomic E-state index is 0.312. The summed E-state index contributed by atoms with van der Waals surface area (Å²) in [6, 6.07) is 1.17. The van der Waals surface area contributed by atoms with Crippen molar-refractivity contribution >= 4 is 5.91 Å². The molecule has 1 saturated carbocycles. The highest BCUT2D eigenvalue weighted by Gasteiger charge is 2.28. The molecule has 1 N–H and O–H groups in total. The maximum absolute atomic E-state index is 12.6. The van der Waals surface area contributed by atoms with Gasteiger partial charge in [0.25, 0.3) is 0 Å². The van der Waals surface area contributed by atoms with Gasteiger partial charge in [0.2, 0.25) is 5.91 Å². The van der Waals surface area contributed by atoms with Gasteiger partial charge in [0.05, 0.1) is 0 Å². The van der Waals surface area contributed by atoms with Crippen molar-refractivity contribution < 1.29 is 4.79 Å². The third kappa shape index (κ3) is 6.23. The molecular formula is C22H41N3O. The maximum atomic E-state index is 12.6. The quantitative estimate of drug-likeness (QED) is 0.729. The van der Waals surface area contributed by atoms with E-state index in [0.29, 0.717) is 17.9 Å². The Bertz CT molecular complexity index is 412. The fraction of sp³-hybridized carbons (Fsp3) is 0.955. The van der Waals surface area contributed by atoms with Gasteiger partial charge in [0.1, 0.15) is 0 Å². The van der Waals surface area contributed by atoms with E-state index in [2.05, 4.69) is 22.0 Å². The summed E-state index contributed by atoms with van der Waals surface area (Å²) in [4.78, 5) is 17.8. The van der Waals surface area contributed by atoms with E-state index >= 15 is 0 Å². The van der Waals surface area contributed by atoms with Gasteiger partial charge in [0, 0.05) is 25.0 Å². The summed E-state index contributed by atoms with van der Waals surface area (Å²) in [5.74, 6) is 0.913. The highest BCUT2D eigenvalue weighted by molar-refractivity contribution is 5.76. The van der Waals surface area contributed by atoms with E-state index in [-0.39, 0.29) is 0 Å². The minimum Gasteiger partial charge on any atom is -0.352 e. The zero-order valence-electron chi connectivity index (χ0n) is 17.1. The van der Waals surface area contributed by atoms with Crippen LogP contribution < -0.4 is 5.32 Å². The molecular weight excluding hydrogens is 322 g/mol. The van der Waals surface area contributed by atoms with E-state index in [9.17, 15) is 4.79 Å². The van der Waals surface area contributed by atoms with Crippen molar-refractivity contribution in [1.82, 2.24) is 15.1 Å². The Kier molecular flexibility index (Phi) is 8.25. The predicted octanol–water partition coefficient (Wildman–Crippen LogP) is 3.80. The van der Waals surface area contributed by atoms with Crippen LogP contribution in [0.15, 0.2) is 0 Å². The van der Waals surface area contributed by atoms with E-state index < -0.39 is 0 Å². The number of hydrogen-bond acceptors (Lipinski definition) is 3. The SMILES string of the molecule is CCCN1CCC(CC(=O)NC2CCCN(C3CCCCCC3)C2)CC1. The molecule has 0 aromatic carbocycles. The second-order valence-electron chi connectivity index (χ2n) is 9.04. The summed E-state index contributed by atoms with van der Waals surface area (Å²) in [6.45, 7) is 8.17. The Morgan fingerprint density at radius 2 is 1.65 bits per heavy atom. The molecule has 0 aromatic rings. The van der Waals surface area contributed by atoms with Crippen molar-refractivity contribution in [3.63, 3.8) is 0 Å². The van der Waals surface area contributed by atoms with Crippen molar-refractivity contribution in [3.05, 3.63) is 0 Å². The van der Waals surface area contributed by atoms with Crippen molar-refractivity contribution in [2.24, 2.45) is 5.92 Å². The Labute approximate surface area is 161 Å². The average Bonchev–Trinajstić information content (AvgIpc) is 2.93. The normalized spacial score (nSPS) is 28.0. The first-order chi connectivity index (χ1) is 12.7. The molecule has 4 heteroatoms. The molecule has 0 radical (unpaired) electrons. The maximum Gasteiger partial charge on any atom is 0.220 e. The third-order valence-electron chi connectivity index (χ3n) is 6.88. The van der Waals surface area contributed by atoms with Crippen LogP contribution in [0.1, 0.15) is 84.0 Å². The van der Waals surface area contributed by atoms with Crippen LogP contribution in [-0.4, -0.2) is 60.5 Å². The Hall–Kier alpha value is -0.610. The van der Waals surface area contributed by atoms with Crippen molar-refractivity contribution in [3.8, 4) is 0 Å². The number of nitrogens with one attached hydrogen (secondary N) is 1. The second-order valence-corrected chi connectivity index (χ2v) is 9.04. The smallest absolute Gasteiger partial charge is 0.220 e. The molecule has 1 aliphatic carbocycles. The lowest BCUT2D eigenvalue weighted by molar-refractivity contribution is -0.123. The molecule has 0 bridgehead atoms. The van der Waals surface area contributed by atoms with Crippen LogP contribution in [0.25, 0.3) is 0 Å². The van der Waals surface area contributed by atoms with Crippen LogP contribution in [0, 0.1) is 5.92 Å². The summed E-state index contributed by atoms with van der Waals surface area (Å²) < 4.78 is 0. The van der Waals surface area contributed by atoms with E-state index in [1.807, 2.05) is 0 Å². The van der Waals surface area contributed by atoms with Crippen LogP contribution >= 0.6 is 0 Å². The Morgan fingerprint density at radius 1 is 0.923 bits per heavy atom. The monoisotopic (exact) mass is 363 g/mol. The first kappa shape index (κ1) is 20.1. The second kappa shape index (κ2) is 10.7. The fourth-order valence-electron chi connectivity index (χ4n) is 5.36. The van der Waals surface area contributed by atoms with Gasteiger partial charge >= 0.3 is 0 Å². The lowest BCUT2D eigenvalue weighted by Crippen LogP contribution is -2.51. The number of rotatable bonds is 6. The summed E-state index contributed by atoms with van der Waals surface area (Å²) >= 11 is 0. The molecule has 26 heavy (non-hydrogen) atoms. The number of carbonyl (C=O) groups is 1. The molecule has 3 fully saturated rings. The summed E-state index contributed by atoms with van der Waals surface area (Å²) in [5, 5.41) is 3.39. The molecule has 2 heterocycles. The highest BCUT2D eigenvalue weighted by atomic mass is 16.1. The van der Waals surface area contributed by atoms with Crippen LogP contribution in [0.4, 0.5) is 0 Å². The number of amides is 1. The van der Waals surface area contributed by atoms with Gasteiger partial charge in [0.15, 0.2) is 0 Å². The standard InChI is InChI=1S/C22H41N3O/c1-2-13-24-15-11-19(12-16-24)17-22(26)23-20-8-7-14-25(18-20)21-9-5-3-4-6-10-21/h19-21H,2-18H2,1H3,(H,23,26). The lowest BCUT2D eigenvalue weighted by Gasteiger charge is -2.38. The zero-order valence-corrected chi connectivity index (χ0v) is 17.1. The van der Waals surface area contributed by atoms with Gasteiger partial charge in [-0.25, -0.2) is 0 Å². The van der Waals surface area contributed by atoms with E-state index in [1.54, 1.807) is 0 Å². The molecule has 3 rings (SSSR count). The largest absolute Gasteiger partial charge is 0.352 e. The molecule has 0 spiro atoms. The summed E-state index contributed by atoms with van der Waals surface area (Å²) in [7, 11) is 0. The van der Waals surface area contributed by atoms with Gasteiger partial charge in [-0.05, 0) is 77.0 Å². The summed E-state index contributed by atoms with van der Waals surface area (Å²) in [6.07, 6.45) is 15.2. The number of piperidine rings is 2. The zero-order chi connectivity index (χ0) is 18.2. The van der Waals surface area contributed by atoms with Gasteiger partial charge in [-0.2, -0.15) is 0 Å². The van der Waals surface area contributed by atoms with Crippen molar-refractivity contribution in [2.45, 2.75) is 96.1 Å². The van der Waals surface area contributed by atoms with Gasteiger partial charge in [-0.3, -0.25) is 9.69 Å². The topological polar surface area (TPSA) is 35.6 Å². The minimum absolute atomic E-state index is 0.312. The average molecular weight is 364 g/mol. The highest BCUT2D eigenvalue weighted by Crippen LogP contribution is 2.25. The van der Waals surface area contributed by atoms with E-state index in [0.717, 1.165) is 19.0 Å². The number of nitrogens with zero attached hydrogens (tertiary/aromatic N) is 2. The Morgan fingerprint density at radius 3 is 2.35 bits per heavy atom. The Balaban J connectivity index is 1.38. The lowest BCUT2D eigenvalue weighted by atomic mass is 9.92. The first-order valence-corrected chi connectivity index (χ1v) is 11.5. The van der Waals surface area contributed by atoms with Crippen LogP contribution in [0.5, 0.6) is 0 Å². The van der Waals surface area contributed by atoms with Gasteiger partial charge in [-0.15, -0.1) is 0 Å². The number of likely N-dealkylation sites (tertiary alicyclic amines) is 2. The summed E-state index contributed by atoms with van der Waals surface area (Å²) in [5.41, 5.74) is 0. The number of hydrogen-bond donors (Lipinski definition) is 1. The van der Waals surface area contributed by atoms with Gasteiger partial charge in [-0.1, -0.05) is 32.6 Å². The molecule has 2 saturated heterocycles. The van der Waals surface area contributed by atoms with Crippen molar-refractivity contribution in [2.75, 3.05) is 32.7 Å². The molecule has 3 aliphatic rings. The van der Waals surface area contributed by atoms with Gasteiger partial charge < -0.3 is 10.2 Å². The van der Waals surface area contributed by atoms with Crippen LogP contribution in [0.2, 0.25) is 0 Å². The van der Waals surface area contributed by atoms with Crippen LogP contribution in [0.3, 0.4) is 0 Å². The van der Waals surface area contributed by atoms with Crippen molar-refractivity contribution in [1.29, 1.82) is 0 Å². The molecule has 2 aliphatic heterocycles. The molecule has 150 valence electrons. The van der Waals surface area contributed by atoms with E-state index in [1.165, 1.54) is 96.8 Å². The molecule has 1 amide bonds. The molecule has 0 aromatic heterocycles. The predicted molar refractivity (Wildman–Crippen MR) is 108 cm³/mol. The number of carbonyl (C=O) groups excluding carboxylic acids is 1. The molecule has 1 unspecified atom stereocenters. The molecule has 1 atom stereocenters. The first-order valence-electron chi connectivity index (χ1n) is 11.5. The van der Waals surface area contributed by atoms with Crippen LogP contribution in [-0.2, 0) is 4.79 Å². The molecule has 4 nitrogen and oxygen atoms in total. The third-order valence-corrected chi connectivity index (χ3v) is 6.88.